The standard InChI is InChI=1S/C24H31FN2O4S/c1-31-19-18-26(15-7-10-20-8-3-2-4-9-20)24(28)21-13-16-27(17-14-21)32(29,30)23-12-6-5-11-22(23)25/h2-6,8-9,11-12,21H,7,10,13-19H2,1H3. The summed E-state index contributed by atoms with van der Waals surface area (Å²) >= 11 is 0. The molecule has 0 N–H and O–H groups in total. The molecule has 0 atom stereocenters. The number of piperidine rings is 1. The maximum atomic E-state index is 14.0. The molecule has 0 unspecified atom stereocenters. The molecule has 0 bridgehead atoms. The molecular formula is C24H31FN2O4S. The molecule has 0 saturated carbocycles. The van der Waals surface area contributed by atoms with Crippen LogP contribution in [-0.4, -0.2) is 63.4 Å². The van der Waals surface area contributed by atoms with Gasteiger partial charge in [-0.15, -0.1) is 0 Å². The van der Waals surface area contributed by atoms with E-state index in [9.17, 15) is 17.6 Å². The summed E-state index contributed by atoms with van der Waals surface area (Å²) in [7, 11) is -2.30. The van der Waals surface area contributed by atoms with Crippen LogP contribution in [0.15, 0.2) is 59.5 Å². The number of amides is 1. The Morgan fingerprint density at radius 2 is 1.72 bits per heavy atom. The summed E-state index contributed by atoms with van der Waals surface area (Å²) in [6.07, 6.45) is 2.58. The van der Waals surface area contributed by atoms with Crippen molar-refractivity contribution >= 4 is 15.9 Å². The number of rotatable bonds is 10. The number of aryl methyl sites for hydroxylation is 1. The van der Waals surface area contributed by atoms with E-state index in [0.29, 0.717) is 32.5 Å². The Bertz CT molecular complexity index is 977. The van der Waals surface area contributed by atoms with Crippen molar-refractivity contribution in [1.82, 2.24) is 9.21 Å². The number of hydrogen-bond acceptors (Lipinski definition) is 4. The van der Waals surface area contributed by atoms with Crippen molar-refractivity contribution in [2.45, 2.75) is 30.6 Å². The lowest BCUT2D eigenvalue weighted by molar-refractivity contribution is -0.137. The van der Waals surface area contributed by atoms with Crippen molar-refractivity contribution in [2.24, 2.45) is 5.92 Å². The summed E-state index contributed by atoms with van der Waals surface area (Å²) in [4.78, 5) is 14.7. The minimum Gasteiger partial charge on any atom is -0.383 e. The van der Waals surface area contributed by atoms with Crippen LogP contribution in [-0.2, 0) is 26.0 Å². The van der Waals surface area contributed by atoms with Crippen LogP contribution in [0.5, 0.6) is 0 Å². The van der Waals surface area contributed by atoms with Crippen molar-refractivity contribution in [2.75, 3.05) is 39.9 Å². The van der Waals surface area contributed by atoms with E-state index in [2.05, 4.69) is 12.1 Å². The number of carbonyl (C=O) groups excluding carboxylic acids is 1. The second-order valence-corrected chi connectivity index (χ2v) is 9.92. The van der Waals surface area contributed by atoms with Gasteiger partial charge in [-0.3, -0.25) is 4.79 Å². The van der Waals surface area contributed by atoms with Crippen molar-refractivity contribution in [1.29, 1.82) is 0 Å². The molecule has 8 heteroatoms. The van der Waals surface area contributed by atoms with Crippen LogP contribution in [0.3, 0.4) is 0 Å². The number of ether oxygens (including phenoxy) is 1. The molecule has 6 nitrogen and oxygen atoms in total. The number of methoxy groups -OCH3 is 1. The molecule has 1 amide bonds. The lowest BCUT2D eigenvalue weighted by atomic mass is 9.96. The van der Waals surface area contributed by atoms with Gasteiger partial charge in [0.15, 0.2) is 0 Å². The largest absolute Gasteiger partial charge is 0.383 e. The number of hydrogen-bond donors (Lipinski definition) is 0. The number of sulfonamides is 1. The van der Waals surface area contributed by atoms with Crippen LogP contribution in [0.2, 0.25) is 0 Å². The third-order valence-electron chi connectivity index (χ3n) is 5.87. The zero-order chi connectivity index (χ0) is 23.0. The van der Waals surface area contributed by atoms with Gasteiger partial charge in [-0.25, -0.2) is 12.8 Å². The molecule has 1 aliphatic heterocycles. The summed E-state index contributed by atoms with van der Waals surface area (Å²) in [6, 6.07) is 15.5. The Hall–Kier alpha value is -2.29. The first-order valence-electron chi connectivity index (χ1n) is 11.0. The van der Waals surface area contributed by atoms with Crippen LogP contribution in [0.1, 0.15) is 24.8 Å². The van der Waals surface area contributed by atoms with Crippen molar-refractivity contribution in [3.05, 3.63) is 66.0 Å². The highest BCUT2D eigenvalue weighted by Crippen LogP contribution is 2.26. The van der Waals surface area contributed by atoms with E-state index < -0.39 is 15.8 Å². The zero-order valence-electron chi connectivity index (χ0n) is 18.5. The van der Waals surface area contributed by atoms with Crippen molar-refractivity contribution in [3.63, 3.8) is 0 Å². The molecule has 32 heavy (non-hydrogen) atoms. The number of halogens is 1. The summed E-state index contributed by atoms with van der Waals surface area (Å²) < 4.78 is 46.1. The zero-order valence-corrected chi connectivity index (χ0v) is 19.3. The molecule has 0 spiro atoms. The predicted octanol–water partition coefficient (Wildman–Crippen LogP) is 3.33. The Balaban J connectivity index is 1.58. The smallest absolute Gasteiger partial charge is 0.245 e. The van der Waals surface area contributed by atoms with Crippen LogP contribution >= 0.6 is 0 Å². The van der Waals surface area contributed by atoms with Crippen LogP contribution in [0.4, 0.5) is 4.39 Å². The normalized spacial score (nSPS) is 15.6. The Kier molecular flexibility index (Phi) is 8.78. The maximum absolute atomic E-state index is 14.0. The third kappa shape index (κ3) is 6.15. The van der Waals surface area contributed by atoms with Crippen molar-refractivity contribution in [3.8, 4) is 0 Å². The minimum absolute atomic E-state index is 0.0399. The molecule has 1 saturated heterocycles. The maximum Gasteiger partial charge on any atom is 0.245 e. The third-order valence-corrected chi connectivity index (χ3v) is 7.80. The van der Waals surface area contributed by atoms with Crippen LogP contribution in [0.25, 0.3) is 0 Å². The number of nitrogens with zero attached hydrogens (tertiary/aromatic N) is 2. The molecule has 174 valence electrons. The first kappa shape index (κ1) is 24.4. The van der Waals surface area contributed by atoms with Crippen LogP contribution in [0, 0.1) is 11.7 Å². The fourth-order valence-corrected chi connectivity index (χ4v) is 5.58. The molecular weight excluding hydrogens is 431 g/mol. The van der Waals surface area contributed by atoms with E-state index in [1.54, 1.807) is 7.11 Å². The van der Waals surface area contributed by atoms with Gasteiger partial charge in [0.1, 0.15) is 10.7 Å². The second-order valence-electron chi connectivity index (χ2n) is 8.02. The number of benzene rings is 2. The summed E-state index contributed by atoms with van der Waals surface area (Å²) in [6.45, 7) is 2.00. The fraction of sp³-hybridized carbons (Fsp3) is 0.458. The highest BCUT2D eigenvalue weighted by molar-refractivity contribution is 7.89. The van der Waals surface area contributed by atoms with Crippen molar-refractivity contribution < 1.29 is 22.3 Å². The van der Waals surface area contributed by atoms with Gasteiger partial charge in [0.05, 0.1) is 6.61 Å². The first-order valence-corrected chi connectivity index (χ1v) is 12.4. The van der Waals surface area contributed by atoms with Gasteiger partial charge in [0.2, 0.25) is 15.9 Å². The van der Waals surface area contributed by atoms with Gasteiger partial charge in [0, 0.05) is 39.2 Å². The van der Waals surface area contributed by atoms with E-state index >= 15 is 0 Å². The van der Waals surface area contributed by atoms with Gasteiger partial charge in [-0.05, 0) is 43.4 Å². The minimum atomic E-state index is -3.91. The van der Waals surface area contributed by atoms with Crippen LogP contribution < -0.4 is 0 Å². The van der Waals surface area contributed by atoms with E-state index in [1.165, 1.54) is 28.1 Å². The lowest BCUT2D eigenvalue weighted by Crippen LogP contribution is -2.45. The average molecular weight is 463 g/mol. The SMILES string of the molecule is COCCN(CCCc1ccccc1)C(=O)C1CCN(S(=O)(=O)c2ccccc2F)CC1. The molecule has 0 aliphatic carbocycles. The molecule has 2 aromatic carbocycles. The van der Waals surface area contributed by atoms with E-state index in [-0.39, 0.29) is 29.8 Å². The summed E-state index contributed by atoms with van der Waals surface area (Å²) in [5.41, 5.74) is 1.23. The number of carbonyl (C=O) groups is 1. The van der Waals surface area contributed by atoms with Gasteiger partial charge >= 0.3 is 0 Å². The van der Waals surface area contributed by atoms with E-state index in [4.69, 9.17) is 4.74 Å². The molecule has 0 aromatic heterocycles. The first-order chi connectivity index (χ1) is 15.4. The van der Waals surface area contributed by atoms with Gasteiger partial charge in [-0.1, -0.05) is 42.5 Å². The Morgan fingerprint density at radius 3 is 2.38 bits per heavy atom. The van der Waals surface area contributed by atoms with E-state index in [0.717, 1.165) is 18.9 Å². The highest BCUT2D eigenvalue weighted by Gasteiger charge is 2.34. The molecule has 2 aromatic rings. The molecule has 1 heterocycles. The monoisotopic (exact) mass is 462 g/mol. The topological polar surface area (TPSA) is 66.9 Å². The Morgan fingerprint density at radius 1 is 1.06 bits per heavy atom. The fourth-order valence-electron chi connectivity index (χ4n) is 4.05. The molecule has 3 rings (SSSR count). The lowest BCUT2D eigenvalue weighted by Gasteiger charge is -2.33. The van der Waals surface area contributed by atoms with E-state index in [1.807, 2.05) is 23.1 Å². The molecule has 1 aliphatic rings. The highest BCUT2D eigenvalue weighted by atomic mass is 32.2. The second kappa shape index (κ2) is 11.5. The molecule has 0 radical (unpaired) electrons. The predicted molar refractivity (Wildman–Crippen MR) is 121 cm³/mol. The average Bonchev–Trinajstić information content (AvgIpc) is 2.82. The quantitative estimate of drug-likeness (QED) is 0.543. The van der Waals surface area contributed by atoms with Gasteiger partial charge < -0.3 is 9.64 Å². The van der Waals surface area contributed by atoms with Gasteiger partial charge in [-0.2, -0.15) is 4.31 Å². The summed E-state index contributed by atoms with van der Waals surface area (Å²) in [5, 5.41) is 0. The van der Waals surface area contributed by atoms with Gasteiger partial charge in [0.25, 0.3) is 0 Å². The Labute approximate surface area is 190 Å². The molecule has 1 fully saturated rings. The summed E-state index contributed by atoms with van der Waals surface area (Å²) in [5.74, 6) is -0.955.